The lowest BCUT2D eigenvalue weighted by Crippen LogP contribution is -2.53. The molecule has 0 bridgehead atoms. The van der Waals surface area contributed by atoms with Gasteiger partial charge in [0.25, 0.3) is 0 Å². The quantitative estimate of drug-likeness (QED) is 0.777. The maximum atomic E-state index is 13.1. The van der Waals surface area contributed by atoms with E-state index < -0.39 is 17.3 Å². The molecule has 1 aliphatic heterocycles. The van der Waals surface area contributed by atoms with Crippen molar-refractivity contribution in [1.29, 1.82) is 0 Å². The van der Waals surface area contributed by atoms with Crippen molar-refractivity contribution in [3.8, 4) is 0 Å². The number of amides is 1. The molecule has 0 aromatic heterocycles. The monoisotopic (exact) mass is 371 g/mol. The number of carbonyl (C=O) groups excluding carboxylic acids is 2. The summed E-state index contributed by atoms with van der Waals surface area (Å²) in [5.41, 5.74) is 0.686. The van der Waals surface area contributed by atoms with Gasteiger partial charge in [-0.2, -0.15) is 0 Å². The molecule has 1 fully saturated rings. The number of fused-ring (bicyclic) bond motifs is 1. The van der Waals surface area contributed by atoms with E-state index in [0.717, 1.165) is 18.4 Å². The molecule has 0 saturated carbocycles. The Morgan fingerprint density at radius 2 is 2.04 bits per heavy atom. The number of hydrogen-bond donors (Lipinski definition) is 1. The predicted molar refractivity (Wildman–Crippen MR) is 98.4 cm³/mol. The Morgan fingerprint density at radius 1 is 1.30 bits per heavy atom. The van der Waals surface area contributed by atoms with Gasteiger partial charge in [0.15, 0.2) is 0 Å². The third-order valence-corrected chi connectivity index (χ3v) is 5.41. The van der Waals surface area contributed by atoms with E-state index in [1.807, 2.05) is 36.4 Å². The number of esters is 1. The average molecular weight is 371 g/mol. The molecule has 0 spiro atoms. The zero-order chi connectivity index (χ0) is 19.4. The van der Waals surface area contributed by atoms with Gasteiger partial charge < -0.3 is 14.7 Å². The molecule has 144 valence electrons. The molecule has 1 aromatic carbocycles. The van der Waals surface area contributed by atoms with Gasteiger partial charge in [-0.15, -0.1) is 0 Å². The Balaban J connectivity index is 2.03. The highest BCUT2D eigenvalue weighted by molar-refractivity contribution is 5.91. The van der Waals surface area contributed by atoms with Gasteiger partial charge in [-0.1, -0.05) is 36.4 Å². The molecule has 1 saturated heterocycles. The number of nitrogens with zero attached hydrogens (tertiary/aromatic N) is 1. The number of aliphatic carboxylic acids is 1. The van der Waals surface area contributed by atoms with Crippen molar-refractivity contribution in [3.05, 3.63) is 47.7 Å². The molecule has 1 amide bonds. The molecular formula is C21H25NO5. The molecule has 1 N–H and O–H groups in total. The molecule has 1 heterocycles. The van der Waals surface area contributed by atoms with Gasteiger partial charge in [-0.25, -0.2) is 0 Å². The lowest BCUT2D eigenvalue weighted by Gasteiger charge is -2.47. The highest BCUT2D eigenvalue weighted by Gasteiger charge is 2.54. The number of carboxylic acids is 1. The molecule has 6 heteroatoms. The lowest BCUT2D eigenvalue weighted by molar-refractivity contribution is -0.163. The van der Waals surface area contributed by atoms with Crippen LogP contribution in [0.4, 0.5) is 0 Å². The van der Waals surface area contributed by atoms with Crippen LogP contribution in [0.1, 0.15) is 44.6 Å². The smallest absolute Gasteiger partial charge is 0.318 e. The normalized spacial score (nSPS) is 24.8. The molecule has 3 rings (SSSR count). The van der Waals surface area contributed by atoms with Crippen LogP contribution >= 0.6 is 0 Å². The second kappa shape index (κ2) is 7.94. The van der Waals surface area contributed by atoms with Crippen LogP contribution in [0.2, 0.25) is 0 Å². The van der Waals surface area contributed by atoms with Crippen LogP contribution in [-0.4, -0.2) is 34.5 Å². The molecule has 1 aliphatic carbocycles. The Hall–Kier alpha value is -2.63. The Labute approximate surface area is 158 Å². The van der Waals surface area contributed by atoms with E-state index in [1.165, 1.54) is 0 Å². The lowest BCUT2D eigenvalue weighted by atomic mass is 9.66. The third kappa shape index (κ3) is 3.75. The number of likely N-dealkylation sites (tertiary alicyclic amines) is 1. The number of allylic oxidation sites excluding steroid dienone is 1. The third-order valence-electron chi connectivity index (χ3n) is 5.41. The first kappa shape index (κ1) is 19.1. The van der Waals surface area contributed by atoms with Gasteiger partial charge in [-0.3, -0.25) is 14.4 Å². The van der Waals surface area contributed by atoms with Crippen LogP contribution in [0.3, 0.4) is 0 Å². The number of ether oxygens (including phenoxy) is 1. The molecule has 0 radical (unpaired) electrons. The number of hydrogen-bond acceptors (Lipinski definition) is 4. The summed E-state index contributed by atoms with van der Waals surface area (Å²) in [7, 11) is 0. The Kier molecular flexibility index (Phi) is 5.63. The van der Waals surface area contributed by atoms with Gasteiger partial charge in [-0.05, 0) is 38.2 Å². The molecule has 0 unspecified atom stereocenters. The fraction of sp³-hybridized carbons (Fsp3) is 0.476. The maximum Gasteiger partial charge on any atom is 0.318 e. The summed E-state index contributed by atoms with van der Waals surface area (Å²) in [5.74, 6) is -2.34. The van der Waals surface area contributed by atoms with Crippen LogP contribution in [-0.2, 0) is 25.7 Å². The SMILES string of the molecule is CCOC(=O)[C@]12CCCC=C1N(Cc1ccccc1)C(=O)[C@@H](CC(=O)O)C2. The summed E-state index contributed by atoms with van der Waals surface area (Å²) in [5, 5.41) is 9.28. The van der Waals surface area contributed by atoms with Gasteiger partial charge in [0.2, 0.25) is 5.91 Å². The van der Waals surface area contributed by atoms with E-state index in [4.69, 9.17) is 4.74 Å². The predicted octanol–water partition coefficient (Wildman–Crippen LogP) is 3.13. The zero-order valence-electron chi connectivity index (χ0n) is 15.5. The Morgan fingerprint density at radius 3 is 2.70 bits per heavy atom. The van der Waals surface area contributed by atoms with E-state index in [-0.39, 0.29) is 31.3 Å². The van der Waals surface area contributed by atoms with Crippen molar-refractivity contribution in [1.82, 2.24) is 4.90 Å². The summed E-state index contributed by atoms with van der Waals surface area (Å²) in [6.07, 6.45) is 4.06. The number of benzene rings is 1. The first-order chi connectivity index (χ1) is 13.0. The largest absolute Gasteiger partial charge is 0.481 e. The van der Waals surface area contributed by atoms with Gasteiger partial charge in [0.1, 0.15) is 5.41 Å². The topological polar surface area (TPSA) is 83.9 Å². The second-order valence-corrected chi connectivity index (χ2v) is 7.19. The van der Waals surface area contributed by atoms with E-state index in [9.17, 15) is 19.5 Å². The van der Waals surface area contributed by atoms with Gasteiger partial charge >= 0.3 is 11.9 Å². The van der Waals surface area contributed by atoms with Crippen molar-refractivity contribution < 1.29 is 24.2 Å². The second-order valence-electron chi connectivity index (χ2n) is 7.19. The zero-order valence-corrected chi connectivity index (χ0v) is 15.5. The molecule has 27 heavy (non-hydrogen) atoms. The van der Waals surface area contributed by atoms with Crippen molar-refractivity contribution in [2.24, 2.45) is 11.3 Å². The fourth-order valence-electron chi connectivity index (χ4n) is 4.25. The van der Waals surface area contributed by atoms with Crippen LogP contribution in [0, 0.1) is 11.3 Å². The van der Waals surface area contributed by atoms with E-state index >= 15 is 0 Å². The fourth-order valence-corrected chi connectivity index (χ4v) is 4.25. The summed E-state index contributed by atoms with van der Waals surface area (Å²) < 4.78 is 5.36. The molecule has 1 aromatic rings. The highest BCUT2D eigenvalue weighted by Crippen LogP contribution is 2.50. The first-order valence-electron chi connectivity index (χ1n) is 9.43. The number of piperidine rings is 1. The van der Waals surface area contributed by atoms with Crippen LogP contribution in [0.25, 0.3) is 0 Å². The minimum Gasteiger partial charge on any atom is -0.481 e. The van der Waals surface area contributed by atoms with Crippen molar-refractivity contribution in [2.45, 2.75) is 45.6 Å². The minimum absolute atomic E-state index is 0.202. The number of carbonyl (C=O) groups is 3. The van der Waals surface area contributed by atoms with E-state index in [2.05, 4.69) is 0 Å². The molecule has 2 aliphatic rings. The summed E-state index contributed by atoms with van der Waals surface area (Å²) >= 11 is 0. The average Bonchev–Trinajstić information content (AvgIpc) is 2.65. The van der Waals surface area contributed by atoms with Crippen LogP contribution in [0.15, 0.2) is 42.1 Å². The van der Waals surface area contributed by atoms with Crippen molar-refractivity contribution in [2.75, 3.05) is 6.61 Å². The first-order valence-corrected chi connectivity index (χ1v) is 9.43. The maximum absolute atomic E-state index is 13.1. The van der Waals surface area contributed by atoms with Crippen LogP contribution in [0.5, 0.6) is 0 Å². The number of carboxylic acid groups (broad SMARTS) is 1. The van der Waals surface area contributed by atoms with Gasteiger partial charge in [0, 0.05) is 5.70 Å². The van der Waals surface area contributed by atoms with E-state index in [1.54, 1.807) is 11.8 Å². The standard InChI is InChI=1S/C21H25NO5/c1-2-27-20(26)21-11-7-6-10-17(21)22(14-15-8-4-3-5-9-15)19(25)16(13-21)12-18(23)24/h3-5,8-10,16H,2,6-7,11-14H2,1H3,(H,23,24)/t16-,21-/m0/s1. The summed E-state index contributed by atoms with van der Waals surface area (Å²) in [6.45, 7) is 2.33. The minimum atomic E-state index is -1.03. The van der Waals surface area contributed by atoms with Crippen molar-refractivity contribution in [3.63, 3.8) is 0 Å². The molecule has 6 nitrogen and oxygen atoms in total. The van der Waals surface area contributed by atoms with E-state index in [0.29, 0.717) is 18.7 Å². The molecule has 2 atom stereocenters. The summed E-state index contributed by atoms with van der Waals surface area (Å²) in [4.78, 5) is 39.0. The van der Waals surface area contributed by atoms with Gasteiger partial charge in [0.05, 0.1) is 25.5 Å². The van der Waals surface area contributed by atoms with Crippen LogP contribution < -0.4 is 0 Å². The molecular weight excluding hydrogens is 346 g/mol. The summed E-state index contributed by atoms with van der Waals surface area (Å²) in [6, 6.07) is 9.53. The van der Waals surface area contributed by atoms with Crippen molar-refractivity contribution >= 4 is 17.8 Å². The highest BCUT2D eigenvalue weighted by atomic mass is 16.5. The number of rotatable bonds is 6. The Bertz CT molecular complexity index is 757.